The van der Waals surface area contributed by atoms with Crippen LogP contribution in [0.5, 0.6) is 0 Å². The van der Waals surface area contributed by atoms with Crippen LogP contribution >= 0.6 is 0 Å². The van der Waals surface area contributed by atoms with E-state index in [1.807, 2.05) is 84.9 Å². The maximum Gasteiger partial charge on any atom is 0.338 e. The van der Waals surface area contributed by atoms with Crippen LogP contribution in [-0.2, 0) is 9.47 Å². The van der Waals surface area contributed by atoms with Gasteiger partial charge >= 0.3 is 11.9 Å². The van der Waals surface area contributed by atoms with Crippen molar-refractivity contribution in [3.8, 4) is 0 Å². The minimum atomic E-state index is -0.539. The minimum absolute atomic E-state index is 0.00000917. The van der Waals surface area contributed by atoms with E-state index in [0.717, 1.165) is 28.0 Å². The average Bonchev–Trinajstić information content (AvgIpc) is 3.49. The van der Waals surface area contributed by atoms with Crippen LogP contribution in [0.15, 0.2) is 109 Å². The van der Waals surface area contributed by atoms with Crippen LogP contribution in [0.3, 0.4) is 0 Å². The normalized spacial score (nSPS) is 21.6. The van der Waals surface area contributed by atoms with E-state index in [-0.39, 0.29) is 11.8 Å². The lowest BCUT2D eigenvalue weighted by atomic mass is 9.87. The molecule has 1 saturated carbocycles. The summed E-state index contributed by atoms with van der Waals surface area (Å²) in [6.45, 7) is 0. The Balaban J connectivity index is 1.19. The van der Waals surface area contributed by atoms with Gasteiger partial charge in [-0.15, -0.1) is 0 Å². The second-order valence-corrected chi connectivity index (χ2v) is 9.94. The molecule has 0 heterocycles. The molecule has 4 heteroatoms. The Hall–Kier alpha value is -4.44. The number of benzene rings is 5. The summed E-state index contributed by atoms with van der Waals surface area (Å²) < 4.78 is 12.3. The summed E-state index contributed by atoms with van der Waals surface area (Å²) in [6.07, 6.45) is -0.281. The molecule has 4 unspecified atom stereocenters. The van der Waals surface area contributed by atoms with E-state index in [2.05, 4.69) is 12.1 Å². The van der Waals surface area contributed by atoms with E-state index in [9.17, 15) is 9.59 Å². The Morgan fingerprint density at radius 1 is 0.514 bits per heavy atom. The number of rotatable bonds is 4. The van der Waals surface area contributed by atoms with Crippen molar-refractivity contribution in [2.24, 2.45) is 0 Å². The number of ether oxygens (including phenoxy) is 2. The minimum Gasteiger partial charge on any atom is -0.454 e. The highest BCUT2D eigenvalue weighted by Gasteiger charge is 2.55. The third-order valence-electron chi connectivity index (χ3n) is 7.88. The second kappa shape index (κ2) is 8.59. The van der Waals surface area contributed by atoms with Crippen LogP contribution in [0.2, 0.25) is 0 Å². The smallest absolute Gasteiger partial charge is 0.338 e. The predicted octanol–water partition coefficient (Wildman–Crippen LogP) is 7.03. The summed E-state index contributed by atoms with van der Waals surface area (Å²) >= 11 is 0. The van der Waals surface area contributed by atoms with Crippen molar-refractivity contribution in [1.82, 2.24) is 0 Å². The molecule has 2 aliphatic rings. The number of esters is 2. The zero-order valence-electron chi connectivity index (χ0n) is 20.0. The molecular weight excluding hydrogens is 460 g/mol. The first-order chi connectivity index (χ1) is 18.2. The van der Waals surface area contributed by atoms with Gasteiger partial charge in [0.2, 0.25) is 0 Å². The van der Waals surface area contributed by atoms with E-state index in [1.54, 1.807) is 12.1 Å². The van der Waals surface area contributed by atoms with Gasteiger partial charge in [0, 0.05) is 11.8 Å². The molecule has 0 radical (unpaired) electrons. The molecule has 5 aromatic carbocycles. The van der Waals surface area contributed by atoms with Crippen LogP contribution in [0.1, 0.15) is 50.1 Å². The van der Waals surface area contributed by atoms with Gasteiger partial charge < -0.3 is 9.47 Å². The van der Waals surface area contributed by atoms with Gasteiger partial charge in [0.05, 0.1) is 11.1 Å². The fourth-order valence-electron chi connectivity index (χ4n) is 6.11. The lowest BCUT2D eigenvalue weighted by Gasteiger charge is -2.32. The molecule has 0 amide bonds. The molecule has 4 atom stereocenters. The highest BCUT2D eigenvalue weighted by atomic mass is 16.6. The van der Waals surface area contributed by atoms with Crippen LogP contribution < -0.4 is 0 Å². The molecule has 180 valence electrons. The Morgan fingerprint density at radius 3 is 1.38 bits per heavy atom. The van der Waals surface area contributed by atoms with Gasteiger partial charge in [-0.2, -0.15) is 0 Å². The average molecular weight is 485 g/mol. The Labute approximate surface area is 214 Å². The monoisotopic (exact) mass is 484 g/mol. The third kappa shape index (κ3) is 3.68. The second-order valence-electron chi connectivity index (χ2n) is 9.94. The number of carbonyl (C=O) groups excluding carboxylic acids is 2. The number of carbonyl (C=O) groups is 2. The number of fused-ring (bicyclic) bond motifs is 7. The summed E-state index contributed by atoms with van der Waals surface area (Å²) in [4.78, 5) is 26.6. The Morgan fingerprint density at radius 2 is 0.919 bits per heavy atom. The molecule has 0 N–H and O–H groups in total. The number of hydrogen-bond acceptors (Lipinski definition) is 4. The summed E-state index contributed by atoms with van der Waals surface area (Å²) in [7, 11) is 0. The Bertz CT molecular complexity index is 1560. The van der Waals surface area contributed by atoms with Gasteiger partial charge in [-0.1, -0.05) is 84.9 Å². The lowest BCUT2D eigenvalue weighted by Crippen LogP contribution is -2.39. The van der Waals surface area contributed by atoms with E-state index in [1.165, 1.54) is 11.1 Å². The maximum atomic E-state index is 13.3. The topological polar surface area (TPSA) is 52.6 Å². The highest BCUT2D eigenvalue weighted by Crippen LogP contribution is 2.55. The van der Waals surface area contributed by atoms with Crippen molar-refractivity contribution < 1.29 is 19.1 Å². The van der Waals surface area contributed by atoms with Crippen LogP contribution in [0, 0.1) is 0 Å². The molecule has 4 nitrogen and oxygen atoms in total. The molecule has 2 aliphatic carbocycles. The van der Waals surface area contributed by atoms with Crippen LogP contribution in [0.4, 0.5) is 0 Å². The first-order valence-corrected chi connectivity index (χ1v) is 12.6. The van der Waals surface area contributed by atoms with E-state index >= 15 is 0 Å². The number of hydrogen-bond donors (Lipinski definition) is 0. The maximum absolute atomic E-state index is 13.3. The molecule has 0 aliphatic heterocycles. The van der Waals surface area contributed by atoms with E-state index in [0.29, 0.717) is 11.1 Å². The van der Waals surface area contributed by atoms with Crippen molar-refractivity contribution in [2.75, 3.05) is 0 Å². The zero-order chi connectivity index (χ0) is 24.9. The molecule has 0 aromatic heterocycles. The molecular formula is C33H24O4. The van der Waals surface area contributed by atoms with Crippen molar-refractivity contribution in [1.29, 1.82) is 0 Å². The first kappa shape index (κ1) is 21.8. The van der Waals surface area contributed by atoms with E-state index < -0.39 is 24.1 Å². The third-order valence-corrected chi connectivity index (χ3v) is 7.88. The summed E-state index contributed by atoms with van der Waals surface area (Å²) in [5.41, 5.74) is 3.35. The van der Waals surface area contributed by atoms with Crippen molar-refractivity contribution in [3.05, 3.63) is 131 Å². The summed E-state index contributed by atoms with van der Waals surface area (Å²) in [6, 6.07) is 35.2. The molecule has 2 bridgehead atoms. The lowest BCUT2D eigenvalue weighted by molar-refractivity contribution is -0.0348. The van der Waals surface area contributed by atoms with Crippen LogP contribution in [0.25, 0.3) is 21.5 Å². The van der Waals surface area contributed by atoms with Gasteiger partial charge in [0.25, 0.3) is 0 Å². The van der Waals surface area contributed by atoms with Gasteiger partial charge in [-0.25, -0.2) is 9.59 Å². The highest BCUT2D eigenvalue weighted by molar-refractivity contribution is 5.96. The van der Waals surface area contributed by atoms with Gasteiger partial charge in [0.15, 0.2) is 0 Å². The molecule has 37 heavy (non-hydrogen) atoms. The fourth-order valence-corrected chi connectivity index (χ4v) is 6.11. The molecule has 7 rings (SSSR count). The fraction of sp³-hybridized carbons (Fsp3) is 0.152. The summed E-state index contributed by atoms with van der Waals surface area (Å²) in [5, 5.41) is 4.09. The zero-order valence-corrected chi connectivity index (χ0v) is 20.0. The molecule has 0 saturated heterocycles. The van der Waals surface area contributed by atoms with Crippen LogP contribution in [-0.4, -0.2) is 24.1 Å². The van der Waals surface area contributed by atoms with Crippen molar-refractivity contribution >= 4 is 33.5 Å². The van der Waals surface area contributed by atoms with Crippen molar-refractivity contribution in [2.45, 2.75) is 30.5 Å². The largest absolute Gasteiger partial charge is 0.454 e. The molecule has 1 fully saturated rings. The van der Waals surface area contributed by atoms with Crippen molar-refractivity contribution in [3.63, 3.8) is 0 Å². The van der Waals surface area contributed by atoms with Gasteiger partial charge in [-0.05, 0) is 63.4 Å². The SMILES string of the molecule is O=C(OC1C2CC(c3ccccc32)C1OC(=O)c1ccc2ccccc2c1)c1ccc2ccccc2c1. The molecule has 0 spiro atoms. The molecule has 5 aromatic rings. The van der Waals surface area contributed by atoms with Gasteiger partial charge in [0.1, 0.15) is 12.2 Å². The Kier molecular flexibility index (Phi) is 5.07. The first-order valence-electron chi connectivity index (χ1n) is 12.6. The predicted molar refractivity (Wildman–Crippen MR) is 143 cm³/mol. The van der Waals surface area contributed by atoms with E-state index in [4.69, 9.17) is 9.47 Å². The van der Waals surface area contributed by atoms with Gasteiger partial charge in [-0.3, -0.25) is 0 Å². The summed E-state index contributed by atoms with van der Waals surface area (Å²) in [5.74, 6) is -0.792. The standard InChI is InChI=1S/C33H24O4/c34-32(24-15-13-20-7-1-3-9-22(20)17-24)36-30-28-19-29(27-12-6-5-11-26(27)28)31(30)37-33(35)25-16-14-21-8-2-4-10-23(21)18-25/h1-18,28-31H,19H2. The quantitative estimate of drug-likeness (QED) is 0.257.